The molecule has 0 aliphatic carbocycles. The molecule has 0 atom stereocenters. The molecular weight excluding hydrogens is 278 g/mol. The lowest BCUT2D eigenvalue weighted by atomic mass is 9.97. The fourth-order valence-corrected chi connectivity index (χ4v) is 2.46. The van der Waals surface area contributed by atoms with Crippen LogP contribution in [0.1, 0.15) is 16.7 Å². The maximum Gasteiger partial charge on any atom is 0.0314 e. The van der Waals surface area contributed by atoms with Crippen molar-refractivity contribution in [2.45, 2.75) is 0 Å². The van der Waals surface area contributed by atoms with Crippen LogP contribution >= 0.6 is 0 Å². The average molecular weight is 297 g/mol. The zero-order chi connectivity index (χ0) is 15.9. The van der Waals surface area contributed by atoms with Crippen molar-refractivity contribution in [3.8, 4) is 0 Å². The van der Waals surface area contributed by atoms with Gasteiger partial charge in [0.1, 0.15) is 0 Å². The molecular formula is C22H19N. The van der Waals surface area contributed by atoms with E-state index in [4.69, 9.17) is 5.73 Å². The van der Waals surface area contributed by atoms with Gasteiger partial charge in [-0.05, 0) is 34.4 Å². The molecule has 112 valence electrons. The van der Waals surface area contributed by atoms with E-state index in [9.17, 15) is 0 Å². The summed E-state index contributed by atoms with van der Waals surface area (Å²) in [6.45, 7) is 0. The Labute approximate surface area is 137 Å². The standard InChI is InChI=1S/C22H19N/c23-21-16-14-18(15-17-21)8-7-13-22(19-9-3-1-4-10-19)20-11-5-2-6-12-20/h1-17H,23H2/b8-7+. The highest BCUT2D eigenvalue weighted by molar-refractivity contribution is 5.81. The van der Waals surface area contributed by atoms with Gasteiger partial charge in [-0.15, -0.1) is 0 Å². The molecule has 0 saturated carbocycles. The van der Waals surface area contributed by atoms with Crippen molar-refractivity contribution in [1.29, 1.82) is 0 Å². The first-order chi connectivity index (χ1) is 11.3. The van der Waals surface area contributed by atoms with Gasteiger partial charge in [0, 0.05) is 5.69 Å². The van der Waals surface area contributed by atoms with E-state index in [0.29, 0.717) is 0 Å². The third kappa shape index (κ3) is 3.98. The molecule has 0 aliphatic heterocycles. The third-order valence-corrected chi connectivity index (χ3v) is 3.66. The molecule has 0 amide bonds. The summed E-state index contributed by atoms with van der Waals surface area (Å²) in [6, 6.07) is 28.7. The Balaban J connectivity index is 1.93. The normalized spacial score (nSPS) is 10.6. The molecule has 0 heterocycles. The summed E-state index contributed by atoms with van der Waals surface area (Å²) in [5.41, 5.74) is 11.3. The minimum atomic E-state index is 0.784. The predicted molar refractivity (Wildman–Crippen MR) is 99.9 cm³/mol. The largest absolute Gasteiger partial charge is 0.399 e. The highest BCUT2D eigenvalue weighted by Gasteiger charge is 2.02. The fraction of sp³-hybridized carbons (Fsp3) is 0. The molecule has 3 aromatic carbocycles. The molecule has 2 N–H and O–H groups in total. The van der Waals surface area contributed by atoms with E-state index in [0.717, 1.165) is 11.3 Å². The molecule has 0 saturated heterocycles. The molecule has 0 aromatic heterocycles. The van der Waals surface area contributed by atoms with Crippen LogP contribution in [-0.4, -0.2) is 0 Å². The maximum absolute atomic E-state index is 5.72. The van der Waals surface area contributed by atoms with Crippen molar-refractivity contribution in [1.82, 2.24) is 0 Å². The maximum atomic E-state index is 5.72. The van der Waals surface area contributed by atoms with E-state index in [1.165, 1.54) is 16.7 Å². The zero-order valence-electron chi connectivity index (χ0n) is 12.9. The summed E-state index contributed by atoms with van der Waals surface area (Å²) in [5.74, 6) is 0. The van der Waals surface area contributed by atoms with Crippen molar-refractivity contribution < 1.29 is 0 Å². The topological polar surface area (TPSA) is 26.0 Å². The van der Waals surface area contributed by atoms with Gasteiger partial charge in [-0.1, -0.05) is 91.0 Å². The first-order valence-corrected chi connectivity index (χ1v) is 7.68. The summed E-state index contributed by atoms with van der Waals surface area (Å²) in [4.78, 5) is 0. The molecule has 0 fully saturated rings. The summed E-state index contributed by atoms with van der Waals surface area (Å²) < 4.78 is 0. The summed E-state index contributed by atoms with van der Waals surface area (Å²) in [5, 5.41) is 0. The Kier molecular flexibility index (Phi) is 4.70. The van der Waals surface area contributed by atoms with Crippen molar-refractivity contribution >= 4 is 17.3 Å². The first kappa shape index (κ1) is 14.9. The molecule has 0 unspecified atom stereocenters. The van der Waals surface area contributed by atoms with Crippen molar-refractivity contribution in [2.75, 3.05) is 5.73 Å². The number of benzene rings is 3. The summed E-state index contributed by atoms with van der Waals surface area (Å²) in [6.07, 6.45) is 6.33. The van der Waals surface area contributed by atoms with E-state index in [1.54, 1.807) is 0 Å². The highest BCUT2D eigenvalue weighted by Crippen LogP contribution is 2.23. The number of hydrogen-bond donors (Lipinski definition) is 1. The van der Waals surface area contributed by atoms with Crippen LogP contribution in [0.3, 0.4) is 0 Å². The number of allylic oxidation sites excluding steroid dienone is 2. The molecule has 1 nitrogen and oxygen atoms in total. The number of hydrogen-bond acceptors (Lipinski definition) is 1. The van der Waals surface area contributed by atoms with Crippen molar-refractivity contribution in [2.24, 2.45) is 0 Å². The van der Waals surface area contributed by atoms with Crippen LogP contribution < -0.4 is 5.73 Å². The monoisotopic (exact) mass is 297 g/mol. The molecule has 23 heavy (non-hydrogen) atoms. The van der Waals surface area contributed by atoms with E-state index in [1.807, 2.05) is 36.4 Å². The van der Waals surface area contributed by atoms with Gasteiger partial charge in [-0.2, -0.15) is 0 Å². The Hall–Kier alpha value is -3.06. The molecule has 0 spiro atoms. The minimum absolute atomic E-state index is 0.784. The van der Waals surface area contributed by atoms with E-state index in [-0.39, 0.29) is 0 Å². The van der Waals surface area contributed by atoms with Gasteiger partial charge in [-0.25, -0.2) is 0 Å². The number of rotatable bonds is 4. The van der Waals surface area contributed by atoms with Gasteiger partial charge in [0.05, 0.1) is 0 Å². The molecule has 0 radical (unpaired) electrons. The van der Waals surface area contributed by atoms with Gasteiger partial charge in [0.15, 0.2) is 0 Å². The van der Waals surface area contributed by atoms with E-state index in [2.05, 4.69) is 66.8 Å². The lowest BCUT2D eigenvalue weighted by molar-refractivity contribution is 1.55. The Morgan fingerprint density at radius 2 is 1.17 bits per heavy atom. The Morgan fingerprint density at radius 3 is 1.70 bits per heavy atom. The summed E-state index contributed by atoms with van der Waals surface area (Å²) in [7, 11) is 0. The Morgan fingerprint density at radius 1 is 0.652 bits per heavy atom. The number of nitrogen functional groups attached to an aromatic ring is 1. The Bertz CT molecular complexity index is 756. The molecule has 0 aliphatic rings. The zero-order valence-corrected chi connectivity index (χ0v) is 12.9. The summed E-state index contributed by atoms with van der Waals surface area (Å²) >= 11 is 0. The van der Waals surface area contributed by atoms with E-state index >= 15 is 0 Å². The van der Waals surface area contributed by atoms with Crippen molar-refractivity contribution in [3.05, 3.63) is 114 Å². The van der Waals surface area contributed by atoms with Gasteiger partial charge >= 0.3 is 0 Å². The fourth-order valence-electron chi connectivity index (χ4n) is 2.46. The number of anilines is 1. The smallest absolute Gasteiger partial charge is 0.0314 e. The lowest BCUT2D eigenvalue weighted by Crippen LogP contribution is -1.86. The first-order valence-electron chi connectivity index (χ1n) is 7.68. The second kappa shape index (κ2) is 7.28. The van der Waals surface area contributed by atoms with Gasteiger partial charge in [-0.3, -0.25) is 0 Å². The molecule has 0 bridgehead atoms. The van der Waals surface area contributed by atoms with Crippen molar-refractivity contribution in [3.63, 3.8) is 0 Å². The van der Waals surface area contributed by atoms with Crippen LogP contribution in [0.25, 0.3) is 11.6 Å². The van der Waals surface area contributed by atoms with E-state index < -0.39 is 0 Å². The lowest BCUT2D eigenvalue weighted by Gasteiger charge is -2.07. The second-order valence-corrected chi connectivity index (χ2v) is 5.34. The molecule has 3 rings (SSSR count). The minimum Gasteiger partial charge on any atom is -0.399 e. The van der Waals surface area contributed by atoms with Crippen LogP contribution in [0, 0.1) is 0 Å². The number of nitrogens with two attached hydrogens (primary N) is 1. The third-order valence-electron chi connectivity index (χ3n) is 3.66. The van der Waals surface area contributed by atoms with Crippen LogP contribution in [0.4, 0.5) is 5.69 Å². The van der Waals surface area contributed by atoms with Crippen LogP contribution in [0.15, 0.2) is 97.1 Å². The van der Waals surface area contributed by atoms with Crippen LogP contribution in [-0.2, 0) is 0 Å². The quantitative estimate of drug-likeness (QED) is 0.505. The average Bonchev–Trinajstić information content (AvgIpc) is 2.62. The molecule has 3 aromatic rings. The van der Waals surface area contributed by atoms with Gasteiger partial charge in [0.25, 0.3) is 0 Å². The highest BCUT2D eigenvalue weighted by atomic mass is 14.5. The second-order valence-electron chi connectivity index (χ2n) is 5.34. The molecule has 1 heteroatoms. The van der Waals surface area contributed by atoms with Crippen LogP contribution in [0.5, 0.6) is 0 Å². The van der Waals surface area contributed by atoms with Gasteiger partial charge in [0.2, 0.25) is 0 Å². The predicted octanol–water partition coefficient (Wildman–Crippen LogP) is 5.41. The SMILES string of the molecule is Nc1ccc(/C=C/C=C(c2ccccc2)c2ccccc2)cc1. The van der Waals surface area contributed by atoms with Crippen LogP contribution in [0.2, 0.25) is 0 Å². The van der Waals surface area contributed by atoms with Gasteiger partial charge < -0.3 is 5.73 Å².